The van der Waals surface area contributed by atoms with Gasteiger partial charge in [0.2, 0.25) is 0 Å². The van der Waals surface area contributed by atoms with Crippen molar-refractivity contribution in [2.45, 2.75) is 85.2 Å². The van der Waals surface area contributed by atoms with Crippen molar-refractivity contribution >= 4 is 11.9 Å². The molecule has 0 unspecified atom stereocenters. The van der Waals surface area contributed by atoms with Crippen molar-refractivity contribution in [1.82, 2.24) is 0 Å². The summed E-state index contributed by atoms with van der Waals surface area (Å²) in [6, 6.07) is 0. The number of allylic oxidation sites excluding steroid dienone is 1. The maximum absolute atomic E-state index is 11.7. The monoisotopic (exact) mass is 388 g/mol. The maximum Gasteiger partial charge on any atom is 0.306 e. The molecule has 0 amide bonds. The van der Waals surface area contributed by atoms with Gasteiger partial charge in [-0.05, 0) is 79.4 Å². The van der Waals surface area contributed by atoms with Gasteiger partial charge in [-0.1, -0.05) is 32.4 Å². The van der Waals surface area contributed by atoms with Crippen LogP contribution in [0, 0.1) is 40.4 Å². The molecule has 28 heavy (non-hydrogen) atoms. The predicted octanol–water partition coefficient (Wildman–Crippen LogP) is 5.22. The van der Waals surface area contributed by atoms with Gasteiger partial charge < -0.3 is 9.84 Å². The second-order valence-electron chi connectivity index (χ2n) is 10.6. The number of hydrogen-bond acceptors (Lipinski definition) is 3. The molecule has 4 aliphatic rings. The third-order valence-electron chi connectivity index (χ3n) is 9.46. The Morgan fingerprint density at radius 2 is 1.89 bits per heavy atom. The molecule has 3 saturated carbocycles. The largest absolute Gasteiger partial charge is 0.481 e. The molecule has 0 spiro atoms. The summed E-state index contributed by atoms with van der Waals surface area (Å²) in [5.74, 6) is 1.31. The van der Waals surface area contributed by atoms with Crippen molar-refractivity contribution in [2.24, 2.45) is 40.4 Å². The van der Waals surface area contributed by atoms with E-state index < -0.39 is 5.97 Å². The number of carboxylic acid groups (broad SMARTS) is 1. The molecular weight excluding hydrogens is 352 g/mol. The van der Waals surface area contributed by atoms with Gasteiger partial charge >= 0.3 is 11.9 Å². The number of carbonyl (C=O) groups excluding carboxylic acids is 1. The molecule has 1 N–H and O–H groups in total. The van der Waals surface area contributed by atoms with Crippen molar-refractivity contribution < 1.29 is 19.4 Å². The molecular formula is C24H36O4. The van der Waals surface area contributed by atoms with E-state index in [9.17, 15) is 14.7 Å². The van der Waals surface area contributed by atoms with E-state index in [1.54, 1.807) is 0 Å². The summed E-state index contributed by atoms with van der Waals surface area (Å²) >= 11 is 0. The summed E-state index contributed by atoms with van der Waals surface area (Å²) in [5, 5.41) is 9.62. The van der Waals surface area contributed by atoms with Gasteiger partial charge in [0.05, 0.1) is 5.92 Å². The lowest BCUT2D eigenvalue weighted by atomic mass is 9.47. The fraction of sp³-hybridized carbons (Fsp3) is 0.833. The van der Waals surface area contributed by atoms with Crippen LogP contribution in [0.5, 0.6) is 0 Å². The molecule has 0 saturated heterocycles. The number of carbonyl (C=O) groups is 2. The maximum atomic E-state index is 11.7. The smallest absolute Gasteiger partial charge is 0.306 e. The third kappa shape index (κ3) is 2.93. The summed E-state index contributed by atoms with van der Waals surface area (Å²) in [7, 11) is 0. The first-order valence-corrected chi connectivity index (χ1v) is 11.3. The molecule has 0 aromatic rings. The van der Waals surface area contributed by atoms with E-state index >= 15 is 0 Å². The summed E-state index contributed by atoms with van der Waals surface area (Å²) in [6.45, 7) is 8.28. The van der Waals surface area contributed by atoms with Crippen molar-refractivity contribution in [3.05, 3.63) is 11.6 Å². The molecule has 0 bridgehead atoms. The van der Waals surface area contributed by atoms with Crippen molar-refractivity contribution in [3.8, 4) is 0 Å². The van der Waals surface area contributed by atoms with Crippen LogP contribution in [0.15, 0.2) is 11.6 Å². The van der Waals surface area contributed by atoms with E-state index in [-0.39, 0.29) is 28.8 Å². The van der Waals surface area contributed by atoms with Gasteiger partial charge in [0.25, 0.3) is 0 Å². The van der Waals surface area contributed by atoms with Crippen LogP contribution in [0.25, 0.3) is 0 Å². The molecule has 3 fully saturated rings. The van der Waals surface area contributed by atoms with E-state index in [0.717, 1.165) is 38.5 Å². The molecule has 4 nitrogen and oxygen atoms in total. The Hall–Kier alpha value is -1.32. The van der Waals surface area contributed by atoms with Gasteiger partial charge in [-0.3, -0.25) is 9.59 Å². The van der Waals surface area contributed by atoms with E-state index in [4.69, 9.17) is 4.74 Å². The topological polar surface area (TPSA) is 63.6 Å². The van der Waals surface area contributed by atoms with E-state index in [0.29, 0.717) is 23.7 Å². The van der Waals surface area contributed by atoms with Crippen LogP contribution in [0.3, 0.4) is 0 Å². The Bertz CT molecular complexity index is 697. The summed E-state index contributed by atoms with van der Waals surface area (Å²) in [6.07, 6.45) is 11.3. The molecule has 0 aromatic heterocycles. The first-order chi connectivity index (χ1) is 13.2. The average molecular weight is 389 g/mol. The lowest BCUT2D eigenvalue weighted by molar-refractivity contribution is -0.148. The SMILES string of the molecule is CC(=O)O[C@H]1CC[C@@]2(C)C(=CC[C@@H]3[C@H]4CC[C@@H]([C@H](C)C(=O)O)[C@]4(C)CC[C@@H]32)C1. The van der Waals surface area contributed by atoms with Crippen molar-refractivity contribution in [3.63, 3.8) is 0 Å². The molecule has 0 aliphatic heterocycles. The molecule has 0 heterocycles. The Morgan fingerprint density at radius 3 is 2.57 bits per heavy atom. The Balaban J connectivity index is 1.57. The predicted molar refractivity (Wildman–Crippen MR) is 108 cm³/mol. The lowest BCUT2D eigenvalue weighted by Gasteiger charge is -2.58. The molecule has 4 aliphatic carbocycles. The zero-order valence-electron chi connectivity index (χ0n) is 17.9. The van der Waals surface area contributed by atoms with Crippen molar-refractivity contribution in [1.29, 1.82) is 0 Å². The van der Waals surface area contributed by atoms with Crippen molar-refractivity contribution in [2.75, 3.05) is 0 Å². The molecule has 4 rings (SSSR count). The number of ether oxygens (including phenoxy) is 1. The Labute approximate surface area is 169 Å². The highest BCUT2D eigenvalue weighted by atomic mass is 16.5. The highest BCUT2D eigenvalue weighted by molar-refractivity contribution is 5.70. The fourth-order valence-corrected chi connectivity index (χ4v) is 8.00. The minimum atomic E-state index is -0.629. The highest BCUT2D eigenvalue weighted by Crippen LogP contribution is 2.67. The number of aliphatic carboxylic acids is 1. The lowest BCUT2D eigenvalue weighted by Crippen LogP contribution is -2.51. The number of fused-ring (bicyclic) bond motifs is 5. The highest BCUT2D eigenvalue weighted by Gasteiger charge is 2.59. The van der Waals surface area contributed by atoms with Crippen LogP contribution < -0.4 is 0 Å². The van der Waals surface area contributed by atoms with Gasteiger partial charge in [0, 0.05) is 13.3 Å². The van der Waals surface area contributed by atoms with Crippen LogP contribution in [0.4, 0.5) is 0 Å². The van der Waals surface area contributed by atoms with Gasteiger partial charge in [0.1, 0.15) is 6.10 Å². The van der Waals surface area contributed by atoms with Crippen LogP contribution >= 0.6 is 0 Å². The van der Waals surface area contributed by atoms with Gasteiger partial charge in [-0.25, -0.2) is 0 Å². The van der Waals surface area contributed by atoms with Crippen LogP contribution in [0.1, 0.15) is 79.1 Å². The Morgan fingerprint density at radius 1 is 1.14 bits per heavy atom. The quantitative estimate of drug-likeness (QED) is 0.532. The van der Waals surface area contributed by atoms with Gasteiger partial charge in [-0.2, -0.15) is 0 Å². The molecule has 4 heteroatoms. The number of hydrogen-bond donors (Lipinski definition) is 1. The second-order valence-corrected chi connectivity index (χ2v) is 10.6. The molecule has 0 aromatic carbocycles. The molecule has 8 atom stereocenters. The van der Waals surface area contributed by atoms with Gasteiger partial charge in [0.15, 0.2) is 0 Å². The summed E-state index contributed by atoms with van der Waals surface area (Å²) in [4.78, 5) is 23.1. The van der Waals surface area contributed by atoms with E-state index in [2.05, 4.69) is 19.9 Å². The second kappa shape index (κ2) is 6.88. The minimum Gasteiger partial charge on any atom is -0.481 e. The molecule has 0 radical (unpaired) electrons. The zero-order chi connectivity index (χ0) is 20.3. The fourth-order valence-electron chi connectivity index (χ4n) is 8.00. The zero-order valence-corrected chi connectivity index (χ0v) is 17.9. The van der Waals surface area contributed by atoms with E-state index in [1.165, 1.54) is 25.3 Å². The number of rotatable bonds is 3. The summed E-state index contributed by atoms with van der Waals surface area (Å²) in [5.41, 5.74) is 1.93. The Kier molecular flexibility index (Phi) is 4.91. The van der Waals surface area contributed by atoms with Crippen LogP contribution in [-0.2, 0) is 14.3 Å². The van der Waals surface area contributed by atoms with Crippen LogP contribution in [0.2, 0.25) is 0 Å². The van der Waals surface area contributed by atoms with Gasteiger partial charge in [-0.15, -0.1) is 0 Å². The third-order valence-corrected chi connectivity index (χ3v) is 9.46. The average Bonchev–Trinajstić information content (AvgIpc) is 2.98. The van der Waals surface area contributed by atoms with Crippen LogP contribution in [-0.4, -0.2) is 23.1 Å². The number of carboxylic acids is 1. The summed E-state index contributed by atoms with van der Waals surface area (Å²) < 4.78 is 5.53. The minimum absolute atomic E-state index is 0.0505. The number of esters is 1. The van der Waals surface area contributed by atoms with E-state index in [1.807, 2.05) is 6.92 Å². The first-order valence-electron chi connectivity index (χ1n) is 11.3. The standard InChI is InChI=1S/C24H36O4/c1-14(22(26)27)19-7-8-20-18-6-5-16-13-17(28-15(2)25)9-11-23(16,3)21(18)10-12-24(19,20)4/h5,14,17-21H,6-13H2,1-4H3,(H,26,27)/t14-,17-,18+,19-,20+,21-,23-,24-/m0/s1. The molecule has 156 valence electrons. The first kappa shape index (κ1) is 20.0. The normalized spacial score (nSPS) is 45.9.